The van der Waals surface area contributed by atoms with Gasteiger partial charge in [-0.25, -0.2) is 14.8 Å². The molecule has 2 aromatic carbocycles. The average molecular weight is 655 g/mol. The van der Waals surface area contributed by atoms with Crippen LogP contribution in [0.2, 0.25) is 0 Å². The van der Waals surface area contributed by atoms with Crippen molar-refractivity contribution in [3.63, 3.8) is 0 Å². The fourth-order valence-corrected chi connectivity index (χ4v) is 4.42. The van der Waals surface area contributed by atoms with E-state index in [9.17, 15) is 14.4 Å². The number of aromatic nitrogens is 5. The summed E-state index contributed by atoms with van der Waals surface area (Å²) in [6, 6.07) is 15.7. The first-order valence-electron chi connectivity index (χ1n) is 11.8. The third-order valence-electron chi connectivity index (χ3n) is 5.98. The molecule has 0 atom stereocenters. The highest BCUT2D eigenvalue weighted by Crippen LogP contribution is 2.14. The fraction of sp³-hybridized carbons (Fsp3) is 0.179. The van der Waals surface area contributed by atoms with Crippen LogP contribution in [0.25, 0.3) is 5.52 Å². The number of ketones is 1. The number of rotatable bonds is 7. The van der Waals surface area contributed by atoms with E-state index in [1.807, 2.05) is 54.7 Å². The van der Waals surface area contributed by atoms with Crippen molar-refractivity contribution in [1.29, 1.82) is 0 Å². The van der Waals surface area contributed by atoms with Crippen molar-refractivity contribution in [2.24, 2.45) is 7.05 Å². The van der Waals surface area contributed by atoms with Crippen LogP contribution in [-0.4, -0.2) is 42.4 Å². The number of methoxy groups -OCH3 is 1. The van der Waals surface area contributed by atoms with E-state index in [2.05, 4.69) is 46.6 Å². The van der Waals surface area contributed by atoms with Crippen LogP contribution >= 0.6 is 31.9 Å². The summed E-state index contributed by atoms with van der Waals surface area (Å²) in [5.74, 6) is -0.505. The Hall–Kier alpha value is -3.83. The Kier molecular flexibility index (Phi) is 9.26. The number of hydrogen-bond acceptors (Lipinski definition) is 6. The number of imidazole rings is 2. The highest BCUT2D eigenvalue weighted by molar-refractivity contribution is 9.10. The second-order valence-corrected chi connectivity index (χ2v) is 10.5. The Morgan fingerprint density at radius 3 is 2.15 bits per heavy atom. The Bertz CT molecular complexity index is 1650. The zero-order valence-corrected chi connectivity index (χ0v) is 24.4. The van der Waals surface area contributed by atoms with Crippen LogP contribution < -0.4 is 5.56 Å². The summed E-state index contributed by atoms with van der Waals surface area (Å²) in [7, 11) is 3.09. The van der Waals surface area contributed by atoms with E-state index in [0.717, 1.165) is 25.8 Å². The summed E-state index contributed by atoms with van der Waals surface area (Å²) in [6.45, 7) is 0.0977. The lowest BCUT2D eigenvalue weighted by Gasteiger charge is -2.09. The number of hydrogen-bond donors (Lipinski definition) is 0. The van der Waals surface area contributed by atoms with Crippen LogP contribution in [0.4, 0.5) is 0 Å². The third kappa shape index (κ3) is 7.18. The largest absolute Gasteiger partial charge is 0.464 e. The second-order valence-electron chi connectivity index (χ2n) is 8.71. The van der Waals surface area contributed by atoms with Gasteiger partial charge in [-0.05, 0) is 35.4 Å². The van der Waals surface area contributed by atoms with Crippen molar-refractivity contribution in [3.8, 4) is 0 Å². The zero-order chi connectivity index (χ0) is 27.9. The molecule has 39 heavy (non-hydrogen) atoms. The number of halogens is 2. The molecule has 5 aromatic rings. The minimum Gasteiger partial charge on any atom is -0.464 e. The molecule has 0 unspecified atom stereocenters. The number of Topliss-reactive ketones (excluding diaryl/α,β-unsaturated/α-hetero) is 1. The van der Waals surface area contributed by atoms with Crippen molar-refractivity contribution in [2.75, 3.05) is 7.11 Å². The molecule has 3 aromatic heterocycles. The number of benzene rings is 2. The Labute approximate surface area is 241 Å². The maximum Gasteiger partial charge on any atom is 0.356 e. The van der Waals surface area contributed by atoms with Gasteiger partial charge in [-0.2, -0.15) is 0 Å². The molecule has 5 rings (SSSR count). The minimum absolute atomic E-state index is 0.00419. The SMILES string of the molecule is COC(=O)c1cncn1CC(=O)Cc1ccc(Br)cc1.Cn1c(Cc2ccc(Br)cc2)cn2cncc2c1=O. The number of fused-ring (bicyclic) bond motifs is 1. The fourth-order valence-electron chi connectivity index (χ4n) is 3.90. The van der Waals surface area contributed by atoms with Gasteiger partial charge in [0.25, 0.3) is 5.56 Å². The Morgan fingerprint density at radius 1 is 0.897 bits per heavy atom. The monoisotopic (exact) mass is 653 g/mol. The molecular formula is C28H25Br2N5O4. The highest BCUT2D eigenvalue weighted by Gasteiger charge is 2.14. The lowest BCUT2D eigenvalue weighted by molar-refractivity contribution is -0.119. The van der Waals surface area contributed by atoms with E-state index in [1.165, 1.54) is 24.2 Å². The van der Waals surface area contributed by atoms with E-state index in [-0.39, 0.29) is 23.6 Å². The molecular weight excluding hydrogens is 630 g/mol. The predicted octanol–water partition coefficient (Wildman–Crippen LogP) is 4.63. The van der Waals surface area contributed by atoms with Gasteiger partial charge in [0.2, 0.25) is 0 Å². The van der Waals surface area contributed by atoms with Crippen LogP contribution in [0.3, 0.4) is 0 Å². The highest BCUT2D eigenvalue weighted by atomic mass is 79.9. The zero-order valence-electron chi connectivity index (χ0n) is 21.3. The van der Waals surface area contributed by atoms with Gasteiger partial charge in [0, 0.05) is 40.7 Å². The first-order valence-corrected chi connectivity index (χ1v) is 13.4. The quantitative estimate of drug-likeness (QED) is 0.237. The van der Waals surface area contributed by atoms with Gasteiger partial charge in [0.15, 0.2) is 5.78 Å². The molecule has 3 heterocycles. The van der Waals surface area contributed by atoms with Crippen LogP contribution in [0.1, 0.15) is 27.3 Å². The van der Waals surface area contributed by atoms with Gasteiger partial charge in [0.05, 0.1) is 38.7 Å². The minimum atomic E-state index is -0.501. The van der Waals surface area contributed by atoms with Gasteiger partial charge in [-0.15, -0.1) is 0 Å². The van der Waals surface area contributed by atoms with Crippen molar-refractivity contribution in [3.05, 3.63) is 122 Å². The first-order chi connectivity index (χ1) is 18.7. The molecule has 9 nitrogen and oxygen atoms in total. The summed E-state index contributed by atoms with van der Waals surface area (Å²) in [6.07, 6.45) is 9.06. The number of esters is 1. The second kappa shape index (κ2) is 12.8. The van der Waals surface area contributed by atoms with E-state index < -0.39 is 5.97 Å². The summed E-state index contributed by atoms with van der Waals surface area (Å²) >= 11 is 6.76. The topological polar surface area (TPSA) is 100 Å². The summed E-state index contributed by atoms with van der Waals surface area (Å²) in [4.78, 5) is 43.5. The summed E-state index contributed by atoms with van der Waals surface area (Å²) in [5.41, 5.74) is 3.90. The molecule has 0 saturated carbocycles. The molecule has 0 N–H and O–H groups in total. The molecule has 0 aliphatic rings. The normalized spacial score (nSPS) is 10.7. The van der Waals surface area contributed by atoms with Gasteiger partial charge < -0.3 is 13.9 Å². The van der Waals surface area contributed by atoms with Gasteiger partial charge in [-0.3, -0.25) is 14.0 Å². The molecule has 11 heteroatoms. The summed E-state index contributed by atoms with van der Waals surface area (Å²) in [5, 5.41) is 0. The lowest BCUT2D eigenvalue weighted by Crippen LogP contribution is -2.22. The van der Waals surface area contributed by atoms with Crippen molar-refractivity contribution >= 4 is 49.1 Å². The number of carbonyl (C=O) groups is 2. The van der Waals surface area contributed by atoms with E-state index in [1.54, 1.807) is 28.5 Å². The lowest BCUT2D eigenvalue weighted by atomic mass is 10.1. The van der Waals surface area contributed by atoms with Crippen LogP contribution in [-0.2, 0) is 36.0 Å². The molecule has 0 spiro atoms. The third-order valence-corrected chi connectivity index (χ3v) is 7.03. The number of nitrogens with zero attached hydrogens (tertiary/aromatic N) is 5. The molecule has 0 aliphatic heterocycles. The van der Waals surface area contributed by atoms with Crippen molar-refractivity contribution in [1.82, 2.24) is 23.5 Å². The van der Waals surface area contributed by atoms with Crippen LogP contribution in [0.5, 0.6) is 0 Å². The van der Waals surface area contributed by atoms with E-state index >= 15 is 0 Å². The van der Waals surface area contributed by atoms with Gasteiger partial charge >= 0.3 is 5.97 Å². The number of carbonyl (C=O) groups excluding carboxylic acids is 2. The van der Waals surface area contributed by atoms with E-state index in [0.29, 0.717) is 18.4 Å². The Morgan fingerprint density at radius 2 is 1.51 bits per heavy atom. The van der Waals surface area contributed by atoms with Crippen LogP contribution in [0.15, 0.2) is 93.5 Å². The van der Waals surface area contributed by atoms with Crippen molar-refractivity contribution in [2.45, 2.75) is 19.4 Å². The molecule has 0 bridgehead atoms. The molecule has 0 aliphatic carbocycles. The first kappa shape index (κ1) is 28.2. The Balaban J connectivity index is 0.000000181. The molecule has 0 radical (unpaired) electrons. The average Bonchev–Trinajstić information content (AvgIpc) is 3.59. The van der Waals surface area contributed by atoms with Crippen molar-refractivity contribution < 1.29 is 14.3 Å². The molecule has 0 fully saturated rings. The molecule has 0 amide bonds. The standard InChI is InChI=1S/C14H12BrN3O.C14H13BrN2O3/c1-17-12(6-10-2-4-11(15)5-3-10)8-18-9-16-7-13(18)14(17)19;1-20-14(19)13-7-16-9-17(13)8-12(18)6-10-2-4-11(15)5-3-10/h2-5,7-9H,6H2,1H3;2-5,7,9H,6,8H2,1H3. The number of ether oxygens (including phenoxy) is 1. The predicted molar refractivity (Wildman–Crippen MR) is 154 cm³/mol. The van der Waals surface area contributed by atoms with Crippen LogP contribution in [0, 0.1) is 0 Å². The van der Waals surface area contributed by atoms with Gasteiger partial charge in [0.1, 0.15) is 11.2 Å². The smallest absolute Gasteiger partial charge is 0.356 e. The maximum absolute atomic E-state index is 12.1. The molecule has 200 valence electrons. The van der Waals surface area contributed by atoms with Gasteiger partial charge in [-0.1, -0.05) is 56.1 Å². The molecule has 0 saturated heterocycles. The van der Waals surface area contributed by atoms with E-state index in [4.69, 9.17) is 0 Å². The summed E-state index contributed by atoms with van der Waals surface area (Å²) < 4.78 is 11.6. The maximum atomic E-state index is 12.1.